The molecule has 0 bridgehead atoms. The van der Waals surface area contributed by atoms with Crippen LogP contribution in [-0.2, 0) is 0 Å². The van der Waals surface area contributed by atoms with Crippen LogP contribution in [0.4, 0.5) is 0 Å². The Morgan fingerprint density at radius 3 is 3.08 bits per heavy atom. The first-order chi connectivity index (χ1) is 5.90. The molecule has 0 amide bonds. The van der Waals surface area contributed by atoms with Crippen LogP contribution in [0, 0.1) is 0 Å². The standard InChI is InChI=1S/C7H12N4S/c8-3-4-12-7-9-6(10-11-7)5-1-2-5/h5H,1-4,8H2,(H,9,10,11). The van der Waals surface area contributed by atoms with Gasteiger partial charge in [0.25, 0.3) is 0 Å². The summed E-state index contributed by atoms with van der Waals surface area (Å²) in [6, 6.07) is 0. The second-order valence-corrected chi connectivity index (χ2v) is 3.98. The minimum atomic E-state index is 0.657. The number of rotatable bonds is 4. The summed E-state index contributed by atoms with van der Waals surface area (Å²) in [5.74, 6) is 2.60. The summed E-state index contributed by atoms with van der Waals surface area (Å²) < 4.78 is 0. The Hall–Kier alpha value is -0.550. The molecule has 3 N–H and O–H groups in total. The Morgan fingerprint density at radius 1 is 1.58 bits per heavy atom. The highest BCUT2D eigenvalue weighted by Crippen LogP contribution is 2.38. The van der Waals surface area contributed by atoms with E-state index in [1.54, 1.807) is 11.8 Å². The summed E-state index contributed by atoms with van der Waals surface area (Å²) in [5.41, 5.74) is 5.37. The predicted octanol–water partition coefficient (Wildman–Crippen LogP) is 0.733. The van der Waals surface area contributed by atoms with Crippen LogP contribution in [0.15, 0.2) is 5.16 Å². The molecule has 0 radical (unpaired) electrons. The maximum atomic E-state index is 5.37. The van der Waals surface area contributed by atoms with Crippen molar-refractivity contribution in [3.8, 4) is 0 Å². The third-order valence-corrected chi connectivity index (χ3v) is 2.68. The average molecular weight is 184 g/mol. The molecule has 1 fully saturated rings. The van der Waals surface area contributed by atoms with Crippen LogP contribution in [0.1, 0.15) is 24.6 Å². The number of hydrogen-bond donors (Lipinski definition) is 2. The molecule has 0 unspecified atom stereocenters. The molecule has 0 atom stereocenters. The largest absolute Gasteiger partial charge is 0.330 e. The highest BCUT2D eigenvalue weighted by Gasteiger charge is 2.26. The van der Waals surface area contributed by atoms with Gasteiger partial charge in [0, 0.05) is 18.2 Å². The van der Waals surface area contributed by atoms with Crippen molar-refractivity contribution < 1.29 is 0 Å². The maximum Gasteiger partial charge on any atom is 0.208 e. The van der Waals surface area contributed by atoms with Crippen LogP contribution in [-0.4, -0.2) is 27.5 Å². The van der Waals surface area contributed by atoms with Crippen LogP contribution in [0.3, 0.4) is 0 Å². The fourth-order valence-electron chi connectivity index (χ4n) is 1.01. The van der Waals surface area contributed by atoms with Gasteiger partial charge in [0.1, 0.15) is 5.82 Å². The molecule has 12 heavy (non-hydrogen) atoms. The number of aromatic amines is 1. The van der Waals surface area contributed by atoms with Crippen molar-refractivity contribution in [1.29, 1.82) is 0 Å². The number of H-pyrrole nitrogens is 1. The number of thioether (sulfide) groups is 1. The summed E-state index contributed by atoms with van der Waals surface area (Å²) >= 11 is 1.61. The van der Waals surface area contributed by atoms with Gasteiger partial charge < -0.3 is 5.73 Å². The Bertz CT molecular complexity index is 256. The SMILES string of the molecule is NCCSc1n[nH]c(C2CC2)n1. The lowest BCUT2D eigenvalue weighted by Gasteiger charge is -1.89. The number of hydrogen-bond acceptors (Lipinski definition) is 4. The Kier molecular flexibility index (Phi) is 2.32. The molecule has 1 aliphatic carbocycles. The molecule has 1 aliphatic rings. The van der Waals surface area contributed by atoms with Crippen LogP contribution >= 0.6 is 11.8 Å². The fraction of sp³-hybridized carbons (Fsp3) is 0.714. The van der Waals surface area contributed by atoms with Gasteiger partial charge >= 0.3 is 0 Å². The third-order valence-electron chi connectivity index (χ3n) is 1.80. The highest BCUT2D eigenvalue weighted by atomic mass is 32.2. The Balaban J connectivity index is 1.93. The van der Waals surface area contributed by atoms with Crippen LogP contribution in [0.5, 0.6) is 0 Å². The fourth-order valence-corrected chi connectivity index (χ4v) is 1.59. The van der Waals surface area contributed by atoms with Crippen LogP contribution in [0.25, 0.3) is 0 Å². The lowest BCUT2D eigenvalue weighted by molar-refractivity contribution is 0.932. The molecule has 66 valence electrons. The van der Waals surface area contributed by atoms with Gasteiger partial charge in [0.05, 0.1) is 0 Å². The number of nitrogens with zero attached hydrogens (tertiary/aromatic N) is 2. The molecule has 0 aliphatic heterocycles. The molecule has 0 spiro atoms. The second-order valence-electron chi connectivity index (χ2n) is 2.91. The van der Waals surface area contributed by atoms with E-state index in [4.69, 9.17) is 5.73 Å². The summed E-state index contributed by atoms with van der Waals surface area (Å²) in [5, 5.41) is 7.88. The Labute approximate surface area is 75.3 Å². The van der Waals surface area contributed by atoms with Gasteiger partial charge in [0.2, 0.25) is 5.16 Å². The van der Waals surface area contributed by atoms with E-state index in [1.807, 2.05) is 0 Å². The second kappa shape index (κ2) is 3.45. The molecule has 1 aromatic rings. The monoisotopic (exact) mass is 184 g/mol. The van der Waals surface area contributed by atoms with E-state index >= 15 is 0 Å². The maximum absolute atomic E-state index is 5.37. The molecule has 1 heterocycles. The topological polar surface area (TPSA) is 67.6 Å². The minimum Gasteiger partial charge on any atom is -0.330 e. The first kappa shape index (κ1) is 8.07. The first-order valence-electron chi connectivity index (χ1n) is 4.15. The zero-order valence-corrected chi connectivity index (χ0v) is 7.60. The van der Waals surface area contributed by atoms with Crippen molar-refractivity contribution in [2.75, 3.05) is 12.3 Å². The van der Waals surface area contributed by atoms with E-state index in [2.05, 4.69) is 15.2 Å². The molecule has 2 rings (SSSR count). The summed E-state index contributed by atoms with van der Waals surface area (Å²) in [7, 11) is 0. The highest BCUT2D eigenvalue weighted by molar-refractivity contribution is 7.99. The smallest absolute Gasteiger partial charge is 0.208 e. The quantitative estimate of drug-likeness (QED) is 0.677. The zero-order chi connectivity index (χ0) is 8.39. The van der Waals surface area contributed by atoms with E-state index in [1.165, 1.54) is 12.8 Å². The van der Waals surface area contributed by atoms with Gasteiger partial charge in [-0.1, -0.05) is 11.8 Å². The molecule has 1 saturated carbocycles. The number of nitrogens with two attached hydrogens (primary N) is 1. The van der Waals surface area contributed by atoms with Crippen molar-refractivity contribution in [3.63, 3.8) is 0 Å². The molecule has 0 aromatic carbocycles. The lowest BCUT2D eigenvalue weighted by atomic mass is 10.4. The normalized spacial score (nSPS) is 16.8. The summed E-state index contributed by atoms with van der Waals surface area (Å²) in [6.45, 7) is 0.679. The van der Waals surface area contributed by atoms with Crippen molar-refractivity contribution in [3.05, 3.63) is 5.82 Å². The van der Waals surface area contributed by atoms with Gasteiger partial charge in [-0.25, -0.2) is 4.98 Å². The number of aromatic nitrogens is 3. The summed E-state index contributed by atoms with van der Waals surface area (Å²) in [4.78, 5) is 4.35. The van der Waals surface area contributed by atoms with Crippen molar-refractivity contribution >= 4 is 11.8 Å². The summed E-state index contributed by atoms with van der Waals surface area (Å²) in [6.07, 6.45) is 2.52. The van der Waals surface area contributed by atoms with Gasteiger partial charge in [-0.05, 0) is 12.8 Å². The molecule has 4 nitrogen and oxygen atoms in total. The predicted molar refractivity (Wildman–Crippen MR) is 48.1 cm³/mol. The van der Waals surface area contributed by atoms with Crippen molar-refractivity contribution in [2.45, 2.75) is 23.9 Å². The molecule has 5 heteroatoms. The molecule has 1 aromatic heterocycles. The van der Waals surface area contributed by atoms with Gasteiger partial charge in [-0.2, -0.15) is 0 Å². The molecular weight excluding hydrogens is 172 g/mol. The Morgan fingerprint density at radius 2 is 2.42 bits per heavy atom. The zero-order valence-electron chi connectivity index (χ0n) is 6.79. The van der Waals surface area contributed by atoms with E-state index in [0.717, 1.165) is 16.7 Å². The number of nitrogens with one attached hydrogen (secondary N) is 1. The average Bonchev–Trinajstić information content (AvgIpc) is 2.83. The lowest BCUT2D eigenvalue weighted by Crippen LogP contribution is -2.01. The van der Waals surface area contributed by atoms with Crippen molar-refractivity contribution in [2.24, 2.45) is 5.73 Å². The van der Waals surface area contributed by atoms with Crippen LogP contribution in [0.2, 0.25) is 0 Å². The van der Waals surface area contributed by atoms with Gasteiger partial charge in [0.15, 0.2) is 0 Å². The van der Waals surface area contributed by atoms with E-state index in [0.29, 0.717) is 12.5 Å². The molecular formula is C7H12N4S. The van der Waals surface area contributed by atoms with Crippen molar-refractivity contribution in [1.82, 2.24) is 15.2 Å². The van der Waals surface area contributed by atoms with E-state index in [-0.39, 0.29) is 0 Å². The van der Waals surface area contributed by atoms with Crippen LogP contribution < -0.4 is 5.73 Å². The van der Waals surface area contributed by atoms with Gasteiger partial charge in [-0.3, -0.25) is 5.10 Å². The first-order valence-corrected chi connectivity index (χ1v) is 5.14. The molecule has 0 saturated heterocycles. The van der Waals surface area contributed by atoms with E-state index < -0.39 is 0 Å². The van der Waals surface area contributed by atoms with Gasteiger partial charge in [-0.15, -0.1) is 5.10 Å². The minimum absolute atomic E-state index is 0.657. The third kappa shape index (κ3) is 1.78. The van der Waals surface area contributed by atoms with E-state index in [9.17, 15) is 0 Å².